The second kappa shape index (κ2) is 6.54. The fourth-order valence-corrected chi connectivity index (χ4v) is 2.74. The molecule has 0 saturated heterocycles. The first-order valence-electron chi connectivity index (χ1n) is 7.09. The molecule has 0 bridgehead atoms. The molecule has 1 aromatic heterocycles. The Bertz CT molecular complexity index is 788. The van der Waals surface area contributed by atoms with Crippen molar-refractivity contribution in [3.63, 3.8) is 0 Å². The Hall–Kier alpha value is -2.46. The van der Waals surface area contributed by atoms with E-state index in [9.17, 15) is 0 Å². The first-order valence-corrected chi connectivity index (χ1v) is 7.97. The molecule has 4 heteroatoms. The van der Waals surface area contributed by atoms with Crippen LogP contribution in [-0.4, -0.2) is 11.2 Å². The molecule has 3 rings (SSSR count). The van der Waals surface area contributed by atoms with Crippen molar-refractivity contribution < 1.29 is 0 Å². The molecule has 22 heavy (non-hydrogen) atoms. The Morgan fingerprint density at radius 3 is 2.59 bits per heavy atom. The van der Waals surface area contributed by atoms with Crippen molar-refractivity contribution in [3.8, 4) is 11.3 Å². The van der Waals surface area contributed by atoms with Crippen molar-refractivity contribution >= 4 is 22.7 Å². The van der Waals surface area contributed by atoms with Gasteiger partial charge in [0.1, 0.15) is 0 Å². The van der Waals surface area contributed by atoms with Gasteiger partial charge < -0.3 is 0 Å². The van der Waals surface area contributed by atoms with Crippen LogP contribution in [0, 0.1) is 13.8 Å². The summed E-state index contributed by atoms with van der Waals surface area (Å²) in [5.41, 5.74) is 8.65. The third-order valence-electron chi connectivity index (χ3n) is 3.40. The van der Waals surface area contributed by atoms with E-state index in [2.05, 4.69) is 59.7 Å². The zero-order valence-electron chi connectivity index (χ0n) is 12.6. The lowest BCUT2D eigenvalue weighted by atomic mass is 10.1. The van der Waals surface area contributed by atoms with Gasteiger partial charge in [0.05, 0.1) is 11.9 Å². The summed E-state index contributed by atoms with van der Waals surface area (Å²) in [5.74, 6) is 0. The maximum Gasteiger partial charge on any atom is 0.203 e. The number of aryl methyl sites for hydroxylation is 2. The maximum absolute atomic E-state index is 4.56. The van der Waals surface area contributed by atoms with Crippen molar-refractivity contribution in [1.82, 2.24) is 4.98 Å². The molecule has 0 fully saturated rings. The molecule has 1 heterocycles. The van der Waals surface area contributed by atoms with Gasteiger partial charge >= 0.3 is 0 Å². The number of hydrogen-bond donors (Lipinski definition) is 1. The van der Waals surface area contributed by atoms with E-state index >= 15 is 0 Å². The Kier molecular flexibility index (Phi) is 4.30. The van der Waals surface area contributed by atoms with Gasteiger partial charge in [-0.3, -0.25) is 5.43 Å². The highest BCUT2D eigenvalue weighted by atomic mass is 32.1. The van der Waals surface area contributed by atoms with Gasteiger partial charge in [0, 0.05) is 10.9 Å². The lowest BCUT2D eigenvalue weighted by Crippen LogP contribution is -1.92. The smallest absolute Gasteiger partial charge is 0.203 e. The molecule has 0 atom stereocenters. The van der Waals surface area contributed by atoms with E-state index in [0.29, 0.717) is 0 Å². The molecule has 0 aliphatic carbocycles. The van der Waals surface area contributed by atoms with Crippen LogP contribution in [0.2, 0.25) is 0 Å². The van der Waals surface area contributed by atoms with Gasteiger partial charge in [0.25, 0.3) is 0 Å². The molecule has 0 unspecified atom stereocenters. The molecule has 0 saturated carbocycles. The predicted octanol–water partition coefficient (Wildman–Crippen LogP) is 4.87. The Balaban J connectivity index is 1.70. The number of nitrogens with one attached hydrogen (secondary N) is 1. The van der Waals surface area contributed by atoms with E-state index < -0.39 is 0 Å². The second-order valence-corrected chi connectivity index (χ2v) is 5.99. The van der Waals surface area contributed by atoms with E-state index in [1.807, 2.05) is 29.8 Å². The molecule has 1 N–H and O–H groups in total. The second-order valence-electron chi connectivity index (χ2n) is 5.13. The standard InChI is InChI=1S/C18H17N3S/c1-13-7-9-15(10-8-13)17-12-22-18(20-17)21-19-11-16-6-4-3-5-14(16)2/h3-12H,1-2H3,(H,20,21)/b19-11+. The number of aromatic nitrogens is 1. The molecule has 110 valence electrons. The molecule has 0 radical (unpaired) electrons. The number of rotatable bonds is 4. The number of hydrazone groups is 1. The highest BCUT2D eigenvalue weighted by Crippen LogP contribution is 2.25. The van der Waals surface area contributed by atoms with Crippen molar-refractivity contribution in [2.24, 2.45) is 5.10 Å². The minimum atomic E-state index is 0.792. The average molecular weight is 307 g/mol. The lowest BCUT2D eigenvalue weighted by Gasteiger charge is -1.98. The van der Waals surface area contributed by atoms with Crippen LogP contribution >= 0.6 is 11.3 Å². The largest absolute Gasteiger partial charge is 0.253 e. The van der Waals surface area contributed by atoms with E-state index in [1.165, 1.54) is 11.1 Å². The minimum Gasteiger partial charge on any atom is -0.253 e. The van der Waals surface area contributed by atoms with Crippen LogP contribution < -0.4 is 5.43 Å². The normalized spacial score (nSPS) is 11.0. The third kappa shape index (κ3) is 3.40. The minimum absolute atomic E-state index is 0.792. The van der Waals surface area contributed by atoms with Crippen LogP contribution in [0.25, 0.3) is 11.3 Å². The van der Waals surface area contributed by atoms with Gasteiger partial charge in [0.15, 0.2) is 0 Å². The zero-order valence-corrected chi connectivity index (χ0v) is 13.4. The predicted molar refractivity (Wildman–Crippen MR) is 94.7 cm³/mol. The summed E-state index contributed by atoms with van der Waals surface area (Å²) >= 11 is 1.55. The first-order chi connectivity index (χ1) is 10.7. The number of anilines is 1. The van der Waals surface area contributed by atoms with Crippen LogP contribution in [-0.2, 0) is 0 Å². The number of nitrogens with zero attached hydrogens (tertiary/aromatic N) is 2. The van der Waals surface area contributed by atoms with E-state index in [-0.39, 0.29) is 0 Å². The van der Waals surface area contributed by atoms with Crippen LogP contribution in [0.3, 0.4) is 0 Å². The molecular weight excluding hydrogens is 290 g/mol. The molecule has 0 aliphatic heterocycles. The van der Waals surface area contributed by atoms with Gasteiger partial charge in [-0.2, -0.15) is 5.10 Å². The fraction of sp³-hybridized carbons (Fsp3) is 0.111. The lowest BCUT2D eigenvalue weighted by molar-refractivity contribution is 1.28. The fourth-order valence-electron chi connectivity index (χ4n) is 2.07. The highest BCUT2D eigenvalue weighted by molar-refractivity contribution is 7.14. The summed E-state index contributed by atoms with van der Waals surface area (Å²) in [4.78, 5) is 4.56. The molecular formula is C18H17N3S. The first kappa shape index (κ1) is 14.5. The van der Waals surface area contributed by atoms with Gasteiger partial charge in [-0.25, -0.2) is 4.98 Å². The SMILES string of the molecule is Cc1ccc(-c2csc(N/N=C/c3ccccc3C)n2)cc1. The molecule has 3 aromatic rings. The summed E-state index contributed by atoms with van der Waals surface area (Å²) in [6.07, 6.45) is 1.82. The summed E-state index contributed by atoms with van der Waals surface area (Å²) in [7, 11) is 0. The number of hydrogen-bond acceptors (Lipinski definition) is 4. The monoisotopic (exact) mass is 307 g/mol. The van der Waals surface area contributed by atoms with Gasteiger partial charge in [-0.15, -0.1) is 11.3 Å². The third-order valence-corrected chi connectivity index (χ3v) is 4.15. The number of thiazole rings is 1. The van der Waals surface area contributed by atoms with Gasteiger partial charge in [-0.05, 0) is 25.0 Å². The van der Waals surface area contributed by atoms with Crippen LogP contribution in [0.1, 0.15) is 16.7 Å². The van der Waals surface area contributed by atoms with Gasteiger partial charge in [0.2, 0.25) is 5.13 Å². The molecule has 0 aliphatic rings. The summed E-state index contributed by atoms with van der Waals surface area (Å²) in [6.45, 7) is 4.15. The van der Waals surface area contributed by atoms with Crippen molar-refractivity contribution in [3.05, 3.63) is 70.6 Å². The number of benzene rings is 2. The molecule has 2 aromatic carbocycles. The summed E-state index contributed by atoms with van der Waals surface area (Å²) in [5, 5.41) is 7.10. The van der Waals surface area contributed by atoms with Crippen molar-refractivity contribution in [2.75, 3.05) is 5.43 Å². The average Bonchev–Trinajstić information content (AvgIpc) is 2.99. The summed E-state index contributed by atoms with van der Waals surface area (Å²) < 4.78 is 0. The summed E-state index contributed by atoms with van der Waals surface area (Å²) in [6, 6.07) is 16.5. The Morgan fingerprint density at radius 1 is 1.05 bits per heavy atom. The van der Waals surface area contributed by atoms with E-state index in [1.54, 1.807) is 11.3 Å². The van der Waals surface area contributed by atoms with E-state index in [0.717, 1.165) is 22.0 Å². The molecule has 0 spiro atoms. The Morgan fingerprint density at radius 2 is 1.82 bits per heavy atom. The van der Waals surface area contributed by atoms with Crippen LogP contribution in [0.15, 0.2) is 59.0 Å². The quantitative estimate of drug-likeness (QED) is 0.551. The molecule has 0 amide bonds. The zero-order chi connectivity index (χ0) is 15.4. The topological polar surface area (TPSA) is 37.3 Å². The van der Waals surface area contributed by atoms with Crippen molar-refractivity contribution in [2.45, 2.75) is 13.8 Å². The maximum atomic E-state index is 4.56. The van der Waals surface area contributed by atoms with Gasteiger partial charge in [-0.1, -0.05) is 54.1 Å². The van der Waals surface area contributed by atoms with E-state index in [4.69, 9.17) is 0 Å². The van der Waals surface area contributed by atoms with Crippen LogP contribution in [0.4, 0.5) is 5.13 Å². The van der Waals surface area contributed by atoms with Crippen LogP contribution in [0.5, 0.6) is 0 Å². The van der Waals surface area contributed by atoms with Crippen molar-refractivity contribution in [1.29, 1.82) is 0 Å². The molecule has 3 nitrogen and oxygen atoms in total. The highest BCUT2D eigenvalue weighted by Gasteiger charge is 2.03. The Labute approximate surface area is 134 Å².